The molecule has 0 spiro atoms. The topological polar surface area (TPSA) is 41.9 Å². The van der Waals surface area contributed by atoms with Gasteiger partial charge in [-0.3, -0.25) is 0 Å². The lowest BCUT2D eigenvalue weighted by atomic mass is 9.98. The molecule has 2 aromatic heterocycles. The summed E-state index contributed by atoms with van der Waals surface area (Å²) in [5.74, 6) is 0. The minimum Gasteiger partial charge on any atom is -0.456 e. The Kier molecular flexibility index (Phi) is 4.65. The number of nitrogens with zero attached hydrogens (tertiary/aromatic N) is 2. The highest BCUT2D eigenvalue weighted by Gasteiger charge is 2.15. The highest BCUT2D eigenvalue weighted by Crippen LogP contribution is 2.34. The largest absolute Gasteiger partial charge is 0.456 e. The summed E-state index contributed by atoms with van der Waals surface area (Å²) in [5, 5.41) is 14.2. The first-order valence-corrected chi connectivity index (χ1v) is 12.2. The number of nitriles is 1. The van der Waals surface area contributed by atoms with E-state index in [1.165, 1.54) is 27.4 Å². The molecule has 7 rings (SSSR count). The maximum Gasteiger partial charge on any atom is 0.138 e. The Labute approximate surface area is 208 Å². The molecular weight excluding hydrogens is 440 g/mol. The number of rotatable bonds is 4. The fraction of sp³-hybridized carbons (Fsp3) is 0.0606. The number of hydrogen-bond donors (Lipinski definition) is 0. The van der Waals surface area contributed by atoms with Crippen LogP contribution in [-0.4, -0.2) is 4.57 Å². The third-order valence-electron chi connectivity index (χ3n) is 7.12. The third-order valence-corrected chi connectivity index (χ3v) is 7.12. The van der Waals surface area contributed by atoms with Gasteiger partial charge in [0.15, 0.2) is 0 Å². The summed E-state index contributed by atoms with van der Waals surface area (Å²) >= 11 is 0. The second-order valence-corrected chi connectivity index (χ2v) is 9.26. The summed E-state index contributed by atoms with van der Waals surface area (Å²) in [5.41, 5.74) is 8.34. The number of benzene rings is 5. The van der Waals surface area contributed by atoms with Crippen molar-refractivity contribution in [1.29, 1.82) is 5.26 Å². The molecule has 0 radical (unpaired) electrons. The average molecular weight is 463 g/mol. The Hall–Kier alpha value is -4.81. The van der Waals surface area contributed by atoms with E-state index in [-0.39, 0.29) is 0 Å². The first-order chi connectivity index (χ1) is 17.8. The van der Waals surface area contributed by atoms with Gasteiger partial charge in [0.25, 0.3) is 0 Å². The molecule has 0 N–H and O–H groups in total. The van der Waals surface area contributed by atoms with Gasteiger partial charge in [-0.2, -0.15) is 5.26 Å². The van der Waals surface area contributed by atoms with Crippen molar-refractivity contribution in [3.8, 4) is 11.8 Å². The standard InChI is InChI=1S/C33H22N2O/c34-21-23-18-24(33-29(20-23)27-11-5-7-13-32(27)36-33)16-14-22-15-17-31-28(19-22)26-10-4-6-12-30(26)35(31)25-8-2-1-3-9-25/h1-13,15,17-20H,14,16H2. The second kappa shape index (κ2) is 8.15. The summed E-state index contributed by atoms with van der Waals surface area (Å²) in [6.07, 6.45) is 1.66. The van der Waals surface area contributed by atoms with Crippen LogP contribution in [0, 0.1) is 11.3 Å². The second-order valence-electron chi connectivity index (χ2n) is 9.26. The summed E-state index contributed by atoms with van der Waals surface area (Å²) in [7, 11) is 0. The van der Waals surface area contributed by atoms with Crippen LogP contribution in [0.2, 0.25) is 0 Å². The average Bonchev–Trinajstić information content (AvgIpc) is 3.48. The predicted molar refractivity (Wildman–Crippen MR) is 147 cm³/mol. The molecule has 3 heteroatoms. The van der Waals surface area contributed by atoms with E-state index in [0.717, 1.165) is 46.0 Å². The van der Waals surface area contributed by atoms with Gasteiger partial charge in [0.2, 0.25) is 0 Å². The maximum absolute atomic E-state index is 9.65. The summed E-state index contributed by atoms with van der Waals surface area (Å²) in [4.78, 5) is 0. The lowest BCUT2D eigenvalue weighted by Crippen LogP contribution is -1.95. The maximum atomic E-state index is 9.65. The third kappa shape index (κ3) is 3.20. The normalized spacial score (nSPS) is 11.5. The van der Waals surface area contributed by atoms with Gasteiger partial charge >= 0.3 is 0 Å². The first-order valence-electron chi connectivity index (χ1n) is 12.2. The van der Waals surface area contributed by atoms with Crippen LogP contribution < -0.4 is 0 Å². The molecular formula is C33H22N2O. The predicted octanol–water partition coefficient (Wildman–Crippen LogP) is 8.34. The van der Waals surface area contributed by atoms with Crippen molar-refractivity contribution in [2.24, 2.45) is 0 Å². The Morgan fingerprint density at radius 3 is 2.25 bits per heavy atom. The lowest BCUT2D eigenvalue weighted by molar-refractivity contribution is 0.662. The van der Waals surface area contributed by atoms with Crippen LogP contribution in [0.3, 0.4) is 0 Å². The van der Waals surface area contributed by atoms with Gasteiger partial charge in [-0.05, 0) is 72.5 Å². The van der Waals surface area contributed by atoms with Crippen molar-refractivity contribution in [2.75, 3.05) is 0 Å². The van der Waals surface area contributed by atoms with E-state index in [4.69, 9.17) is 4.42 Å². The van der Waals surface area contributed by atoms with Crippen LogP contribution in [0.4, 0.5) is 0 Å². The molecule has 36 heavy (non-hydrogen) atoms. The zero-order valence-electron chi connectivity index (χ0n) is 19.6. The van der Waals surface area contributed by atoms with Crippen LogP contribution in [-0.2, 0) is 12.8 Å². The van der Waals surface area contributed by atoms with Gasteiger partial charge in [-0.15, -0.1) is 0 Å². The number of aromatic nitrogens is 1. The number of aryl methyl sites for hydroxylation is 2. The van der Waals surface area contributed by atoms with Crippen molar-refractivity contribution >= 4 is 43.7 Å². The molecule has 7 aromatic rings. The molecule has 0 bridgehead atoms. The number of hydrogen-bond acceptors (Lipinski definition) is 2. The molecule has 0 saturated carbocycles. The smallest absolute Gasteiger partial charge is 0.138 e. The molecule has 0 atom stereocenters. The van der Waals surface area contributed by atoms with Crippen LogP contribution >= 0.6 is 0 Å². The van der Waals surface area contributed by atoms with Gasteiger partial charge in [0, 0.05) is 27.2 Å². The fourth-order valence-electron chi connectivity index (χ4n) is 5.46. The monoisotopic (exact) mass is 462 g/mol. The van der Waals surface area contributed by atoms with E-state index in [0.29, 0.717) is 5.56 Å². The van der Waals surface area contributed by atoms with Gasteiger partial charge in [-0.1, -0.05) is 60.7 Å². The van der Waals surface area contributed by atoms with Gasteiger partial charge in [-0.25, -0.2) is 0 Å². The van der Waals surface area contributed by atoms with Crippen LogP contribution in [0.1, 0.15) is 16.7 Å². The van der Waals surface area contributed by atoms with Gasteiger partial charge < -0.3 is 8.98 Å². The molecule has 0 aliphatic carbocycles. The quantitative estimate of drug-likeness (QED) is 0.264. The van der Waals surface area contributed by atoms with Crippen molar-refractivity contribution < 1.29 is 4.42 Å². The minimum atomic E-state index is 0.672. The molecule has 3 nitrogen and oxygen atoms in total. The molecule has 0 aliphatic heterocycles. The molecule has 0 amide bonds. The lowest BCUT2D eigenvalue weighted by Gasteiger charge is -2.08. The van der Waals surface area contributed by atoms with E-state index < -0.39 is 0 Å². The van der Waals surface area contributed by atoms with Crippen LogP contribution in [0.25, 0.3) is 49.4 Å². The van der Waals surface area contributed by atoms with E-state index in [2.05, 4.69) is 89.5 Å². The minimum absolute atomic E-state index is 0.672. The summed E-state index contributed by atoms with van der Waals surface area (Å²) in [6, 6.07) is 40.2. The highest BCUT2D eigenvalue weighted by atomic mass is 16.3. The van der Waals surface area contributed by atoms with Crippen LogP contribution in [0.5, 0.6) is 0 Å². The molecule has 0 aliphatic rings. The number of fused-ring (bicyclic) bond motifs is 6. The fourth-order valence-corrected chi connectivity index (χ4v) is 5.46. The van der Waals surface area contributed by atoms with E-state index in [1.54, 1.807) is 0 Å². The Balaban J connectivity index is 1.32. The van der Waals surface area contributed by atoms with Crippen LogP contribution in [0.15, 0.2) is 114 Å². The van der Waals surface area contributed by atoms with Gasteiger partial charge in [0.05, 0.1) is 22.7 Å². The Bertz CT molecular complexity index is 1950. The molecule has 0 saturated heterocycles. The molecule has 0 unspecified atom stereocenters. The van der Waals surface area contributed by atoms with Crippen molar-refractivity contribution in [2.45, 2.75) is 12.8 Å². The van der Waals surface area contributed by atoms with Gasteiger partial charge in [0.1, 0.15) is 11.2 Å². The summed E-state index contributed by atoms with van der Waals surface area (Å²) in [6.45, 7) is 0. The van der Waals surface area contributed by atoms with E-state index in [1.807, 2.05) is 30.3 Å². The summed E-state index contributed by atoms with van der Waals surface area (Å²) < 4.78 is 8.58. The molecule has 0 fully saturated rings. The van der Waals surface area contributed by atoms with Crippen molar-refractivity contribution in [3.63, 3.8) is 0 Å². The zero-order chi connectivity index (χ0) is 24.1. The van der Waals surface area contributed by atoms with Crippen molar-refractivity contribution in [1.82, 2.24) is 4.57 Å². The molecule has 2 heterocycles. The molecule has 5 aromatic carbocycles. The number of para-hydroxylation sites is 3. The molecule has 170 valence electrons. The Morgan fingerprint density at radius 2 is 1.39 bits per heavy atom. The Morgan fingerprint density at radius 1 is 0.639 bits per heavy atom. The van der Waals surface area contributed by atoms with Crippen molar-refractivity contribution in [3.05, 3.63) is 126 Å². The highest BCUT2D eigenvalue weighted by molar-refractivity contribution is 6.09. The SMILES string of the molecule is N#Cc1cc(CCc2ccc3c(c2)c2ccccc2n3-c2ccccc2)c2oc3ccccc3c2c1. The first kappa shape index (κ1) is 20.6. The number of furan rings is 1. The zero-order valence-corrected chi connectivity index (χ0v) is 19.6. The van der Waals surface area contributed by atoms with E-state index in [9.17, 15) is 5.26 Å². The van der Waals surface area contributed by atoms with E-state index >= 15 is 0 Å².